The SMILES string of the molecule is O=C(N[C@H](Cc1ccc(F)c([N+](=O)[O-])c1)C(=O)O)c1cccc2cccnc12. The van der Waals surface area contributed by atoms with E-state index < -0.39 is 34.3 Å². The number of hydrogen-bond donors (Lipinski definition) is 2. The number of para-hydroxylation sites is 1. The number of carbonyl (C=O) groups excluding carboxylic acids is 1. The van der Waals surface area contributed by atoms with Gasteiger partial charge in [-0.25, -0.2) is 4.79 Å². The lowest BCUT2D eigenvalue weighted by Gasteiger charge is -2.15. The Bertz CT molecular complexity index is 1080. The van der Waals surface area contributed by atoms with Gasteiger partial charge in [0.05, 0.1) is 16.0 Å². The third kappa shape index (κ3) is 3.93. The number of carboxylic acid groups (broad SMARTS) is 1. The molecule has 0 spiro atoms. The first kappa shape index (κ1) is 18.9. The first-order chi connectivity index (χ1) is 13.4. The normalized spacial score (nSPS) is 11.8. The van der Waals surface area contributed by atoms with Crippen molar-refractivity contribution in [2.75, 3.05) is 0 Å². The van der Waals surface area contributed by atoms with Gasteiger partial charge in [-0.2, -0.15) is 4.39 Å². The number of nitrogens with zero attached hydrogens (tertiary/aromatic N) is 2. The van der Waals surface area contributed by atoms with Gasteiger partial charge in [-0.3, -0.25) is 19.9 Å². The predicted octanol–water partition coefficient (Wildman–Crippen LogP) is 2.71. The van der Waals surface area contributed by atoms with Crippen molar-refractivity contribution in [3.8, 4) is 0 Å². The van der Waals surface area contributed by atoms with Gasteiger partial charge in [-0.05, 0) is 23.8 Å². The fraction of sp³-hybridized carbons (Fsp3) is 0.105. The maximum Gasteiger partial charge on any atom is 0.326 e. The second-order valence-electron chi connectivity index (χ2n) is 5.99. The first-order valence-corrected chi connectivity index (χ1v) is 8.17. The van der Waals surface area contributed by atoms with Gasteiger partial charge in [-0.15, -0.1) is 0 Å². The smallest absolute Gasteiger partial charge is 0.326 e. The van der Waals surface area contributed by atoms with Gasteiger partial charge in [-0.1, -0.05) is 24.3 Å². The maximum absolute atomic E-state index is 13.5. The zero-order chi connectivity index (χ0) is 20.3. The number of hydrogen-bond acceptors (Lipinski definition) is 5. The van der Waals surface area contributed by atoms with Crippen LogP contribution in [0.25, 0.3) is 10.9 Å². The highest BCUT2D eigenvalue weighted by molar-refractivity contribution is 6.06. The second-order valence-corrected chi connectivity index (χ2v) is 5.99. The van der Waals surface area contributed by atoms with Crippen LogP contribution in [0.4, 0.5) is 10.1 Å². The highest BCUT2D eigenvalue weighted by Crippen LogP contribution is 2.20. The van der Waals surface area contributed by atoms with Gasteiger partial charge < -0.3 is 10.4 Å². The number of halogens is 1. The standard InChI is InChI=1S/C19H14FN3O5/c20-14-7-6-11(10-16(14)23(27)28)9-15(19(25)26)22-18(24)13-5-1-3-12-4-2-8-21-17(12)13/h1-8,10,15H,9H2,(H,22,24)(H,25,26)/t15-/m1/s1. The van der Waals surface area contributed by atoms with Crippen molar-refractivity contribution in [2.45, 2.75) is 12.5 Å². The van der Waals surface area contributed by atoms with E-state index in [1.54, 1.807) is 24.3 Å². The van der Waals surface area contributed by atoms with Gasteiger partial charge in [0.15, 0.2) is 0 Å². The molecule has 0 aliphatic rings. The molecule has 0 aliphatic carbocycles. The summed E-state index contributed by atoms with van der Waals surface area (Å²) in [6, 6.07) is 10.1. The number of rotatable bonds is 6. The number of pyridine rings is 1. The molecule has 2 N–H and O–H groups in total. The highest BCUT2D eigenvalue weighted by atomic mass is 19.1. The number of benzene rings is 2. The van der Waals surface area contributed by atoms with Crippen LogP contribution in [0.1, 0.15) is 15.9 Å². The molecule has 1 heterocycles. The van der Waals surface area contributed by atoms with Crippen LogP contribution in [0.15, 0.2) is 54.7 Å². The van der Waals surface area contributed by atoms with E-state index in [4.69, 9.17) is 0 Å². The van der Waals surface area contributed by atoms with E-state index in [1.165, 1.54) is 18.3 Å². The Morgan fingerprint density at radius 1 is 1.21 bits per heavy atom. The third-order valence-electron chi connectivity index (χ3n) is 4.13. The molecule has 142 valence electrons. The molecule has 0 saturated heterocycles. The lowest BCUT2D eigenvalue weighted by Crippen LogP contribution is -2.42. The van der Waals surface area contributed by atoms with E-state index in [1.807, 2.05) is 0 Å². The number of nitro groups is 1. The summed E-state index contributed by atoms with van der Waals surface area (Å²) >= 11 is 0. The van der Waals surface area contributed by atoms with E-state index in [0.717, 1.165) is 17.5 Å². The molecule has 0 unspecified atom stereocenters. The van der Waals surface area contributed by atoms with Crippen molar-refractivity contribution in [1.29, 1.82) is 0 Å². The number of carbonyl (C=O) groups is 2. The molecule has 1 aromatic heterocycles. The zero-order valence-electron chi connectivity index (χ0n) is 14.3. The average molecular weight is 383 g/mol. The summed E-state index contributed by atoms with van der Waals surface area (Å²) < 4.78 is 13.5. The molecule has 28 heavy (non-hydrogen) atoms. The van der Waals surface area contributed by atoms with Gasteiger partial charge in [0, 0.05) is 24.1 Å². The molecule has 2 aromatic carbocycles. The largest absolute Gasteiger partial charge is 0.480 e. The second kappa shape index (κ2) is 7.78. The molecule has 0 bridgehead atoms. The monoisotopic (exact) mass is 383 g/mol. The van der Waals surface area contributed by atoms with Crippen molar-refractivity contribution in [1.82, 2.24) is 10.3 Å². The molecular weight excluding hydrogens is 369 g/mol. The van der Waals surface area contributed by atoms with Crippen molar-refractivity contribution in [3.63, 3.8) is 0 Å². The van der Waals surface area contributed by atoms with Crippen molar-refractivity contribution >= 4 is 28.5 Å². The molecule has 1 atom stereocenters. The number of nitrogens with one attached hydrogen (secondary N) is 1. The summed E-state index contributed by atoms with van der Waals surface area (Å²) in [4.78, 5) is 38.3. The average Bonchev–Trinajstić information content (AvgIpc) is 2.68. The Labute approximate surface area is 157 Å². The number of amides is 1. The Balaban J connectivity index is 1.85. The molecule has 0 fully saturated rings. The molecule has 0 aliphatic heterocycles. The molecule has 8 nitrogen and oxygen atoms in total. The van der Waals surface area contributed by atoms with Crippen LogP contribution >= 0.6 is 0 Å². The van der Waals surface area contributed by atoms with Crippen molar-refractivity contribution < 1.29 is 24.0 Å². The van der Waals surface area contributed by atoms with E-state index in [-0.39, 0.29) is 17.5 Å². The van der Waals surface area contributed by atoms with Crippen LogP contribution in [0.2, 0.25) is 0 Å². The van der Waals surface area contributed by atoms with Crippen LogP contribution in [-0.4, -0.2) is 32.9 Å². The first-order valence-electron chi connectivity index (χ1n) is 8.17. The molecule has 0 saturated carbocycles. The topological polar surface area (TPSA) is 122 Å². The van der Waals surface area contributed by atoms with E-state index >= 15 is 0 Å². The van der Waals surface area contributed by atoms with E-state index in [2.05, 4.69) is 10.3 Å². The molecule has 3 rings (SSSR count). The molecule has 9 heteroatoms. The Hall–Kier alpha value is -3.88. The zero-order valence-corrected chi connectivity index (χ0v) is 14.3. The fourth-order valence-corrected chi connectivity index (χ4v) is 2.78. The quantitative estimate of drug-likeness (QED) is 0.498. The summed E-state index contributed by atoms with van der Waals surface area (Å²) in [7, 11) is 0. The van der Waals surface area contributed by atoms with Gasteiger partial charge in [0.1, 0.15) is 6.04 Å². The van der Waals surface area contributed by atoms with Crippen LogP contribution in [0.5, 0.6) is 0 Å². The number of nitro benzene ring substituents is 1. The summed E-state index contributed by atoms with van der Waals surface area (Å²) in [5.41, 5.74) is 0.0709. The predicted molar refractivity (Wildman–Crippen MR) is 97.4 cm³/mol. The lowest BCUT2D eigenvalue weighted by atomic mass is 10.0. The maximum atomic E-state index is 13.5. The minimum absolute atomic E-state index is 0.203. The van der Waals surface area contributed by atoms with Crippen molar-refractivity contribution in [3.05, 3.63) is 81.8 Å². The lowest BCUT2D eigenvalue weighted by molar-refractivity contribution is -0.387. The van der Waals surface area contributed by atoms with Crippen LogP contribution in [0, 0.1) is 15.9 Å². The molecular formula is C19H14FN3O5. The summed E-state index contributed by atoms with van der Waals surface area (Å²) in [6.07, 6.45) is 1.27. The fourth-order valence-electron chi connectivity index (χ4n) is 2.78. The van der Waals surface area contributed by atoms with Gasteiger partial charge in [0.2, 0.25) is 5.82 Å². The van der Waals surface area contributed by atoms with Gasteiger partial charge >= 0.3 is 11.7 Å². The number of aromatic nitrogens is 1. The van der Waals surface area contributed by atoms with E-state index in [0.29, 0.717) is 5.52 Å². The minimum Gasteiger partial charge on any atom is -0.480 e. The molecule has 0 radical (unpaired) electrons. The number of aliphatic carboxylic acids is 1. The Kier molecular flexibility index (Phi) is 5.25. The highest BCUT2D eigenvalue weighted by Gasteiger charge is 2.24. The van der Waals surface area contributed by atoms with E-state index in [9.17, 15) is 29.2 Å². The summed E-state index contributed by atoms with van der Waals surface area (Å²) in [5, 5.41) is 23.4. The van der Waals surface area contributed by atoms with Crippen LogP contribution < -0.4 is 5.32 Å². The van der Waals surface area contributed by atoms with Crippen molar-refractivity contribution in [2.24, 2.45) is 0 Å². The summed E-state index contributed by atoms with van der Waals surface area (Å²) in [5.74, 6) is -2.99. The number of carboxylic acids is 1. The molecule has 3 aromatic rings. The summed E-state index contributed by atoms with van der Waals surface area (Å²) in [6.45, 7) is 0. The Morgan fingerprint density at radius 3 is 2.68 bits per heavy atom. The Morgan fingerprint density at radius 2 is 1.96 bits per heavy atom. The third-order valence-corrected chi connectivity index (χ3v) is 4.13. The molecule has 1 amide bonds. The minimum atomic E-state index is -1.36. The van der Waals surface area contributed by atoms with Gasteiger partial charge in [0.25, 0.3) is 5.91 Å². The van der Waals surface area contributed by atoms with Crippen LogP contribution in [0.3, 0.4) is 0 Å². The number of fused-ring (bicyclic) bond motifs is 1. The van der Waals surface area contributed by atoms with Crippen LogP contribution in [-0.2, 0) is 11.2 Å².